The second-order valence-electron chi connectivity index (χ2n) is 3.74. The normalized spacial score (nSPS) is 10.7. The Hall–Kier alpha value is -2.14. The fourth-order valence-corrected chi connectivity index (χ4v) is 1.88. The van der Waals surface area contributed by atoms with Crippen molar-refractivity contribution in [3.63, 3.8) is 0 Å². The van der Waals surface area contributed by atoms with E-state index < -0.39 is 0 Å². The summed E-state index contributed by atoms with van der Waals surface area (Å²) in [5.74, 6) is 0.792. The summed E-state index contributed by atoms with van der Waals surface area (Å²) in [7, 11) is 0. The van der Waals surface area contributed by atoms with Crippen LogP contribution >= 0.6 is 11.6 Å². The second-order valence-corrected chi connectivity index (χ2v) is 4.13. The lowest BCUT2D eigenvalue weighted by molar-refractivity contribution is 0.917. The first-order valence-electron chi connectivity index (χ1n) is 5.47. The molecule has 3 heterocycles. The van der Waals surface area contributed by atoms with Crippen LogP contribution in [0.15, 0.2) is 42.7 Å². The van der Waals surface area contributed by atoms with Crippen molar-refractivity contribution < 1.29 is 0 Å². The molecule has 0 saturated heterocycles. The van der Waals surface area contributed by atoms with E-state index in [1.165, 1.54) is 0 Å². The van der Waals surface area contributed by atoms with Crippen molar-refractivity contribution >= 4 is 23.1 Å². The van der Waals surface area contributed by atoms with E-state index in [4.69, 9.17) is 11.6 Å². The third-order valence-corrected chi connectivity index (χ3v) is 2.70. The Kier molecular flexibility index (Phi) is 2.82. The van der Waals surface area contributed by atoms with Gasteiger partial charge < -0.3 is 5.32 Å². The SMILES string of the molecule is Clc1cc(NCc2ccccn2)n2nccc2n1. The van der Waals surface area contributed by atoms with Gasteiger partial charge in [0.05, 0.1) is 18.4 Å². The van der Waals surface area contributed by atoms with Crippen LogP contribution in [0.2, 0.25) is 5.15 Å². The van der Waals surface area contributed by atoms with Crippen LogP contribution in [0.1, 0.15) is 5.69 Å². The fraction of sp³-hybridized carbons (Fsp3) is 0.0833. The van der Waals surface area contributed by atoms with Crippen LogP contribution in [-0.4, -0.2) is 19.6 Å². The molecule has 0 bridgehead atoms. The topological polar surface area (TPSA) is 55.1 Å². The first-order valence-corrected chi connectivity index (χ1v) is 5.85. The molecule has 0 spiro atoms. The molecule has 0 aromatic carbocycles. The van der Waals surface area contributed by atoms with Gasteiger partial charge in [-0.25, -0.2) is 4.98 Å². The standard InChI is InChI=1S/C12H10ClN5/c13-10-7-12(18-11(17-10)4-6-16-18)15-8-9-3-1-2-5-14-9/h1-7,15H,8H2. The predicted octanol–water partition coefficient (Wildman–Crippen LogP) is 2.39. The average molecular weight is 260 g/mol. The van der Waals surface area contributed by atoms with Crippen molar-refractivity contribution in [1.29, 1.82) is 0 Å². The zero-order valence-electron chi connectivity index (χ0n) is 9.42. The van der Waals surface area contributed by atoms with Crippen LogP contribution in [0.25, 0.3) is 5.65 Å². The summed E-state index contributed by atoms with van der Waals surface area (Å²) < 4.78 is 1.70. The van der Waals surface area contributed by atoms with Gasteiger partial charge >= 0.3 is 0 Å². The number of aromatic nitrogens is 4. The van der Waals surface area contributed by atoms with Crippen molar-refractivity contribution in [1.82, 2.24) is 19.6 Å². The average Bonchev–Trinajstić information content (AvgIpc) is 2.85. The minimum Gasteiger partial charge on any atom is -0.364 e. The number of pyridine rings is 1. The minimum atomic E-state index is 0.437. The van der Waals surface area contributed by atoms with E-state index in [9.17, 15) is 0 Å². The van der Waals surface area contributed by atoms with Crippen molar-refractivity contribution in [2.24, 2.45) is 0 Å². The molecule has 18 heavy (non-hydrogen) atoms. The molecule has 0 unspecified atom stereocenters. The number of hydrogen-bond acceptors (Lipinski definition) is 4. The number of nitrogens with one attached hydrogen (secondary N) is 1. The summed E-state index contributed by atoms with van der Waals surface area (Å²) in [6.07, 6.45) is 3.45. The molecule has 0 atom stereocenters. The summed E-state index contributed by atoms with van der Waals surface area (Å²) in [5, 5.41) is 7.87. The predicted molar refractivity (Wildman–Crippen MR) is 69.6 cm³/mol. The molecule has 3 aromatic rings. The highest BCUT2D eigenvalue weighted by Gasteiger charge is 2.04. The second kappa shape index (κ2) is 4.62. The molecule has 0 aliphatic heterocycles. The van der Waals surface area contributed by atoms with Crippen LogP contribution in [0.5, 0.6) is 0 Å². The fourth-order valence-electron chi connectivity index (χ4n) is 1.69. The highest BCUT2D eigenvalue weighted by Crippen LogP contribution is 2.16. The quantitative estimate of drug-likeness (QED) is 0.734. The Morgan fingerprint density at radius 2 is 2.17 bits per heavy atom. The Morgan fingerprint density at radius 1 is 1.22 bits per heavy atom. The summed E-state index contributed by atoms with van der Waals surface area (Å²) >= 11 is 5.95. The Bertz CT molecular complexity index is 665. The maximum absolute atomic E-state index is 5.95. The number of nitrogens with zero attached hydrogens (tertiary/aromatic N) is 4. The summed E-state index contributed by atoms with van der Waals surface area (Å²) in [4.78, 5) is 8.40. The molecule has 0 aliphatic carbocycles. The van der Waals surface area contributed by atoms with Gasteiger partial charge in [-0.15, -0.1) is 0 Å². The highest BCUT2D eigenvalue weighted by atomic mass is 35.5. The van der Waals surface area contributed by atoms with Crippen LogP contribution in [0.3, 0.4) is 0 Å². The first-order chi connectivity index (χ1) is 8.83. The van der Waals surface area contributed by atoms with Crippen LogP contribution < -0.4 is 5.32 Å². The Balaban J connectivity index is 1.88. The maximum atomic E-state index is 5.95. The molecule has 3 aromatic heterocycles. The lowest BCUT2D eigenvalue weighted by Gasteiger charge is -2.08. The van der Waals surface area contributed by atoms with E-state index in [2.05, 4.69) is 20.4 Å². The van der Waals surface area contributed by atoms with Gasteiger partial charge in [0.25, 0.3) is 0 Å². The maximum Gasteiger partial charge on any atom is 0.159 e. The number of rotatable bonds is 3. The molecule has 0 fully saturated rings. The van der Waals surface area contributed by atoms with Gasteiger partial charge in [0.1, 0.15) is 11.0 Å². The van der Waals surface area contributed by atoms with Crippen molar-refractivity contribution in [3.8, 4) is 0 Å². The summed E-state index contributed by atoms with van der Waals surface area (Å²) in [6.45, 7) is 0.607. The first kappa shape index (κ1) is 11.0. The lowest BCUT2D eigenvalue weighted by Crippen LogP contribution is -2.06. The van der Waals surface area contributed by atoms with Gasteiger partial charge in [-0.2, -0.15) is 9.61 Å². The van der Waals surface area contributed by atoms with E-state index in [-0.39, 0.29) is 0 Å². The summed E-state index contributed by atoms with van der Waals surface area (Å²) in [6, 6.07) is 9.34. The van der Waals surface area contributed by atoms with E-state index >= 15 is 0 Å². The molecule has 0 amide bonds. The van der Waals surface area contributed by atoms with Gasteiger partial charge in [-0.05, 0) is 12.1 Å². The molecule has 0 aliphatic rings. The van der Waals surface area contributed by atoms with E-state index in [1.54, 1.807) is 29.0 Å². The Labute approximate surface area is 108 Å². The lowest BCUT2D eigenvalue weighted by atomic mass is 10.3. The van der Waals surface area contributed by atoms with Gasteiger partial charge in [0, 0.05) is 18.3 Å². The molecule has 5 nitrogen and oxygen atoms in total. The van der Waals surface area contributed by atoms with Crippen molar-refractivity contribution in [2.45, 2.75) is 6.54 Å². The largest absolute Gasteiger partial charge is 0.364 e. The van der Waals surface area contributed by atoms with Crippen LogP contribution in [0.4, 0.5) is 5.82 Å². The smallest absolute Gasteiger partial charge is 0.159 e. The van der Waals surface area contributed by atoms with Gasteiger partial charge in [0.15, 0.2) is 5.65 Å². The molecule has 3 rings (SSSR count). The third kappa shape index (κ3) is 2.12. The molecule has 1 N–H and O–H groups in total. The number of fused-ring (bicyclic) bond motifs is 1. The van der Waals surface area contributed by atoms with Gasteiger partial charge in [-0.1, -0.05) is 17.7 Å². The number of anilines is 1. The zero-order chi connectivity index (χ0) is 12.4. The zero-order valence-corrected chi connectivity index (χ0v) is 10.2. The number of halogens is 1. The van der Waals surface area contributed by atoms with E-state index in [0.717, 1.165) is 11.5 Å². The van der Waals surface area contributed by atoms with Gasteiger partial charge in [-0.3, -0.25) is 4.98 Å². The molecular weight excluding hydrogens is 250 g/mol. The molecule has 0 saturated carbocycles. The monoisotopic (exact) mass is 259 g/mol. The van der Waals surface area contributed by atoms with E-state index in [0.29, 0.717) is 17.3 Å². The molecule has 6 heteroatoms. The number of hydrogen-bond donors (Lipinski definition) is 1. The Morgan fingerprint density at radius 3 is 3.00 bits per heavy atom. The van der Waals surface area contributed by atoms with Crippen molar-refractivity contribution in [3.05, 3.63) is 53.6 Å². The van der Waals surface area contributed by atoms with Gasteiger partial charge in [0.2, 0.25) is 0 Å². The molecule has 90 valence electrons. The highest BCUT2D eigenvalue weighted by molar-refractivity contribution is 6.29. The minimum absolute atomic E-state index is 0.437. The molecular formula is C12H10ClN5. The molecule has 0 radical (unpaired) electrons. The van der Waals surface area contributed by atoms with E-state index in [1.807, 2.05) is 18.2 Å². The van der Waals surface area contributed by atoms with Crippen molar-refractivity contribution in [2.75, 3.05) is 5.32 Å². The van der Waals surface area contributed by atoms with Crippen LogP contribution in [-0.2, 0) is 6.54 Å². The van der Waals surface area contributed by atoms with Crippen LogP contribution in [0, 0.1) is 0 Å². The third-order valence-electron chi connectivity index (χ3n) is 2.50. The summed E-state index contributed by atoms with van der Waals surface area (Å²) in [5.41, 5.74) is 1.66.